The summed E-state index contributed by atoms with van der Waals surface area (Å²) in [7, 11) is 0. The van der Waals surface area contributed by atoms with Gasteiger partial charge in [-0.05, 0) is 49.2 Å². The van der Waals surface area contributed by atoms with Crippen molar-refractivity contribution < 1.29 is 14.0 Å². The van der Waals surface area contributed by atoms with Gasteiger partial charge in [-0.2, -0.15) is 0 Å². The Morgan fingerprint density at radius 2 is 1.38 bits per heavy atom. The predicted octanol–water partition coefficient (Wildman–Crippen LogP) is 4.15. The molecule has 3 N–H and O–H groups in total. The summed E-state index contributed by atoms with van der Waals surface area (Å²) in [6.07, 6.45) is 2.97. The summed E-state index contributed by atoms with van der Waals surface area (Å²) in [6, 6.07) is 18.4. The van der Waals surface area contributed by atoms with Crippen LogP contribution in [0.4, 0.5) is 11.4 Å². The van der Waals surface area contributed by atoms with E-state index in [0.29, 0.717) is 23.7 Å². The van der Waals surface area contributed by atoms with Crippen LogP contribution in [0, 0.1) is 13.8 Å². The van der Waals surface area contributed by atoms with Gasteiger partial charge in [0.15, 0.2) is 0 Å². The maximum Gasteiger partial charge on any atom is 0.262 e. The largest absolute Gasteiger partial charge is 0.467 e. The van der Waals surface area contributed by atoms with Crippen molar-refractivity contribution in [1.82, 2.24) is 5.32 Å². The van der Waals surface area contributed by atoms with Crippen LogP contribution in [0.3, 0.4) is 0 Å². The van der Waals surface area contributed by atoms with Gasteiger partial charge in [0.05, 0.1) is 12.8 Å². The minimum Gasteiger partial charge on any atom is -0.467 e. The highest BCUT2D eigenvalue weighted by molar-refractivity contribution is 6.26. The fraction of sp³-hybridized carbons (Fsp3) is 0.130. The molecule has 3 aromatic rings. The van der Waals surface area contributed by atoms with E-state index in [2.05, 4.69) is 16.0 Å². The van der Waals surface area contributed by atoms with Gasteiger partial charge in [-0.15, -0.1) is 0 Å². The number of furan rings is 1. The molecule has 0 bridgehead atoms. The van der Waals surface area contributed by atoms with Crippen molar-refractivity contribution in [3.8, 4) is 0 Å². The molecule has 0 saturated carbocycles. The van der Waals surface area contributed by atoms with Crippen molar-refractivity contribution in [3.63, 3.8) is 0 Å². The Kier molecular flexibility index (Phi) is 6.47. The van der Waals surface area contributed by atoms with Gasteiger partial charge in [0.25, 0.3) is 11.8 Å². The molecule has 0 spiro atoms. The monoisotopic (exact) mass is 389 g/mol. The first kappa shape index (κ1) is 19.9. The van der Waals surface area contributed by atoms with Crippen molar-refractivity contribution in [2.24, 2.45) is 0 Å². The molecule has 3 rings (SSSR count). The second-order valence-electron chi connectivity index (χ2n) is 6.56. The number of para-hydroxylation sites is 2. The number of nitrogens with one attached hydrogen (secondary N) is 3. The molecule has 0 aliphatic heterocycles. The van der Waals surface area contributed by atoms with E-state index in [9.17, 15) is 9.59 Å². The van der Waals surface area contributed by atoms with E-state index in [1.807, 2.05) is 50.2 Å². The Bertz CT molecular complexity index is 962. The van der Waals surface area contributed by atoms with E-state index < -0.39 is 11.8 Å². The third kappa shape index (κ3) is 5.35. The van der Waals surface area contributed by atoms with Crippen molar-refractivity contribution in [2.75, 3.05) is 10.6 Å². The Balaban J connectivity index is 1.80. The summed E-state index contributed by atoms with van der Waals surface area (Å²) in [5.41, 5.74) is 3.07. The van der Waals surface area contributed by atoms with Gasteiger partial charge in [0.2, 0.25) is 0 Å². The van der Waals surface area contributed by atoms with Gasteiger partial charge >= 0.3 is 0 Å². The Morgan fingerprint density at radius 1 is 0.828 bits per heavy atom. The molecule has 148 valence electrons. The van der Waals surface area contributed by atoms with Gasteiger partial charge in [-0.1, -0.05) is 36.4 Å². The zero-order chi connectivity index (χ0) is 20.6. The second-order valence-corrected chi connectivity index (χ2v) is 6.56. The molecular formula is C23H23N3O3. The summed E-state index contributed by atoms with van der Waals surface area (Å²) in [4.78, 5) is 25.7. The third-order valence-corrected chi connectivity index (χ3v) is 4.38. The fourth-order valence-corrected chi connectivity index (χ4v) is 2.71. The van der Waals surface area contributed by atoms with E-state index in [4.69, 9.17) is 4.42 Å². The lowest BCUT2D eigenvalue weighted by Crippen LogP contribution is -2.27. The van der Waals surface area contributed by atoms with E-state index in [-0.39, 0.29) is 5.57 Å². The van der Waals surface area contributed by atoms with Crippen LogP contribution in [-0.4, -0.2) is 11.8 Å². The summed E-state index contributed by atoms with van der Waals surface area (Å²) in [5.74, 6) is -0.311. The highest BCUT2D eigenvalue weighted by Crippen LogP contribution is 2.17. The molecule has 6 heteroatoms. The smallest absolute Gasteiger partial charge is 0.262 e. The maximum atomic E-state index is 12.9. The van der Waals surface area contributed by atoms with Crippen LogP contribution in [0.15, 0.2) is 83.1 Å². The quantitative estimate of drug-likeness (QED) is 0.322. The van der Waals surface area contributed by atoms with Gasteiger partial charge in [-0.3, -0.25) is 9.59 Å². The number of amides is 2. The van der Waals surface area contributed by atoms with Crippen molar-refractivity contribution in [1.29, 1.82) is 0 Å². The summed E-state index contributed by atoms with van der Waals surface area (Å²) < 4.78 is 5.27. The van der Waals surface area contributed by atoms with Crippen LogP contribution in [0.5, 0.6) is 0 Å². The normalized spacial score (nSPS) is 10.1. The number of aryl methyl sites for hydroxylation is 2. The first-order chi connectivity index (χ1) is 14.0. The van der Waals surface area contributed by atoms with Crippen LogP contribution >= 0.6 is 0 Å². The molecule has 2 amide bonds. The Labute approximate surface area is 169 Å². The average Bonchev–Trinajstić information content (AvgIpc) is 3.22. The highest BCUT2D eigenvalue weighted by atomic mass is 16.3. The van der Waals surface area contributed by atoms with Gasteiger partial charge in [0, 0.05) is 17.6 Å². The molecule has 6 nitrogen and oxygen atoms in total. The van der Waals surface area contributed by atoms with Gasteiger partial charge in [-0.25, -0.2) is 0 Å². The first-order valence-electron chi connectivity index (χ1n) is 9.24. The topological polar surface area (TPSA) is 83.4 Å². The van der Waals surface area contributed by atoms with Crippen molar-refractivity contribution >= 4 is 23.2 Å². The minimum absolute atomic E-state index is 0.0388. The molecule has 2 aromatic carbocycles. The maximum absolute atomic E-state index is 12.9. The summed E-state index contributed by atoms with van der Waals surface area (Å²) in [5, 5.41) is 8.58. The molecule has 0 aliphatic rings. The summed E-state index contributed by atoms with van der Waals surface area (Å²) >= 11 is 0. The zero-order valence-electron chi connectivity index (χ0n) is 16.4. The fourth-order valence-electron chi connectivity index (χ4n) is 2.71. The molecule has 0 unspecified atom stereocenters. The number of hydrogen-bond donors (Lipinski definition) is 3. The van der Waals surface area contributed by atoms with Crippen LogP contribution < -0.4 is 16.0 Å². The van der Waals surface area contributed by atoms with E-state index >= 15 is 0 Å². The lowest BCUT2D eigenvalue weighted by Gasteiger charge is -2.13. The van der Waals surface area contributed by atoms with E-state index in [0.717, 1.165) is 11.1 Å². The van der Waals surface area contributed by atoms with Crippen LogP contribution in [0.1, 0.15) is 16.9 Å². The molecule has 0 aliphatic carbocycles. The predicted molar refractivity (Wildman–Crippen MR) is 113 cm³/mol. The zero-order valence-corrected chi connectivity index (χ0v) is 16.4. The van der Waals surface area contributed by atoms with Crippen LogP contribution in [0.2, 0.25) is 0 Å². The molecule has 0 atom stereocenters. The second kappa shape index (κ2) is 9.41. The van der Waals surface area contributed by atoms with Gasteiger partial charge < -0.3 is 20.4 Å². The molecule has 1 heterocycles. The van der Waals surface area contributed by atoms with Crippen molar-refractivity contribution in [2.45, 2.75) is 20.4 Å². The molecule has 0 saturated heterocycles. The van der Waals surface area contributed by atoms with Crippen molar-refractivity contribution in [3.05, 3.63) is 95.6 Å². The Morgan fingerprint density at radius 3 is 1.86 bits per heavy atom. The standard InChI is InChI=1S/C23H23N3O3/c1-16-8-3-5-11-20(16)25-22(27)19(15-24-14-18-10-7-13-29-18)23(28)26-21-12-6-4-9-17(21)2/h3-13,15,24H,14H2,1-2H3,(H,25,27)(H,26,28). The van der Waals surface area contributed by atoms with Gasteiger partial charge in [0.1, 0.15) is 11.3 Å². The number of carbonyl (C=O) groups is 2. The molecule has 0 radical (unpaired) electrons. The number of anilines is 2. The number of carbonyl (C=O) groups excluding carboxylic acids is 2. The lowest BCUT2D eigenvalue weighted by atomic mass is 10.1. The number of hydrogen-bond acceptors (Lipinski definition) is 4. The highest BCUT2D eigenvalue weighted by Gasteiger charge is 2.20. The minimum atomic E-state index is -0.502. The molecule has 1 aromatic heterocycles. The van der Waals surface area contributed by atoms with Crippen LogP contribution in [-0.2, 0) is 16.1 Å². The van der Waals surface area contributed by atoms with E-state index in [1.165, 1.54) is 6.20 Å². The number of benzene rings is 2. The molecule has 0 fully saturated rings. The summed E-state index contributed by atoms with van der Waals surface area (Å²) in [6.45, 7) is 4.13. The lowest BCUT2D eigenvalue weighted by molar-refractivity contribution is -0.118. The molecule has 29 heavy (non-hydrogen) atoms. The van der Waals surface area contributed by atoms with E-state index in [1.54, 1.807) is 30.5 Å². The SMILES string of the molecule is Cc1ccccc1NC(=O)C(=CNCc1ccco1)C(=O)Nc1ccccc1C. The Hall–Kier alpha value is -3.80. The first-order valence-corrected chi connectivity index (χ1v) is 9.24. The van der Waals surface area contributed by atoms with Crippen LogP contribution in [0.25, 0.3) is 0 Å². The third-order valence-electron chi connectivity index (χ3n) is 4.38. The average molecular weight is 389 g/mol. The molecular weight excluding hydrogens is 366 g/mol. The number of rotatable bonds is 7.